The zero-order valence-corrected chi connectivity index (χ0v) is 15.1. The zero-order valence-electron chi connectivity index (χ0n) is 13.5. The first-order valence-electron chi connectivity index (χ1n) is 7.11. The second kappa shape index (κ2) is 7.47. The summed E-state index contributed by atoms with van der Waals surface area (Å²) in [5, 5.41) is 9.44. The van der Waals surface area contributed by atoms with Crippen LogP contribution >= 0.6 is 22.7 Å². The van der Waals surface area contributed by atoms with Crippen molar-refractivity contribution >= 4 is 39.6 Å². The predicted molar refractivity (Wildman–Crippen MR) is 92.3 cm³/mol. The Morgan fingerprint density at radius 1 is 1.25 bits per heavy atom. The molecular weight excluding hydrogens is 348 g/mol. The first-order chi connectivity index (χ1) is 11.4. The van der Waals surface area contributed by atoms with Gasteiger partial charge in [0.25, 0.3) is 0 Å². The number of esters is 2. The zero-order chi connectivity index (χ0) is 17.9. The molecule has 0 bridgehead atoms. The van der Waals surface area contributed by atoms with Crippen molar-refractivity contribution in [2.24, 2.45) is 0 Å². The molecule has 8 heteroatoms. The van der Waals surface area contributed by atoms with Crippen molar-refractivity contribution in [2.75, 3.05) is 12.3 Å². The highest BCUT2D eigenvalue weighted by Gasteiger charge is 2.24. The highest BCUT2D eigenvalue weighted by Crippen LogP contribution is 2.32. The number of anilines is 1. The molecule has 0 unspecified atom stereocenters. The highest BCUT2D eigenvalue weighted by atomic mass is 32.1. The van der Waals surface area contributed by atoms with E-state index in [1.54, 1.807) is 13.0 Å². The summed E-state index contributed by atoms with van der Waals surface area (Å²) in [5.74, 6) is -1.08. The SMILES string of the molecule is CCOC(=O)c1sc(N)c(C#N)c1COC(=O)c1cc(C)sc1C. The summed E-state index contributed by atoms with van der Waals surface area (Å²) in [6, 6.07) is 3.70. The molecule has 0 radical (unpaired) electrons. The quantitative estimate of drug-likeness (QED) is 0.816. The topological polar surface area (TPSA) is 102 Å². The van der Waals surface area contributed by atoms with Gasteiger partial charge in [-0.15, -0.1) is 22.7 Å². The number of nitriles is 1. The maximum absolute atomic E-state index is 12.2. The van der Waals surface area contributed by atoms with Gasteiger partial charge in [-0.25, -0.2) is 9.59 Å². The first-order valence-corrected chi connectivity index (χ1v) is 8.74. The van der Waals surface area contributed by atoms with E-state index >= 15 is 0 Å². The summed E-state index contributed by atoms with van der Waals surface area (Å²) in [7, 11) is 0. The average molecular weight is 364 g/mol. The fourth-order valence-electron chi connectivity index (χ4n) is 2.16. The second-order valence-electron chi connectivity index (χ2n) is 4.88. The molecule has 0 spiro atoms. The fraction of sp³-hybridized carbons (Fsp3) is 0.312. The molecule has 0 saturated heterocycles. The summed E-state index contributed by atoms with van der Waals surface area (Å²) >= 11 is 2.46. The molecule has 2 rings (SSSR count). The van der Waals surface area contributed by atoms with Crippen LogP contribution in [-0.2, 0) is 16.1 Å². The van der Waals surface area contributed by atoms with Crippen LogP contribution in [0.5, 0.6) is 0 Å². The monoisotopic (exact) mass is 364 g/mol. The van der Waals surface area contributed by atoms with Gasteiger partial charge < -0.3 is 15.2 Å². The summed E-state index contributed by atoms with van der Waals surface area (Å²) in [6.07, 6.45) is 0. The summed E-state index contributed by atoms with van der Waals surface area (Å²) in [4.78, 5) is 26.3. The lowest BCUT2D eigenvalue weighted by atomic mass is 10.1. The van der Waals surface area contributed by atoms with Crippen LogP contribution in [0.25, 0.3) is 0 Å². The molecular formula is C16H16N2O4S2. The van der Waals surface area contributed by atoms with Crippen LogP contribution in [0.3, 0.4) is 0 Å². The molecule has 0 aliphatic rings. The van der Waals surface area contributed by atoms with Crippen molar-refractivity contribution in [3.63, 3.8) is 0 Å². The van der Waals surface area contributed by atoms with E-state index in [4.69, 9.17) is 15.2 Å². The normalized spacial score (nSPS) is 10.2. The van der Waals surface area contributed by atoms with Gasteiger partial charge in [0.2, 0.25) is 0 Å². The Labute approximate surface area is 147 Å². The number of nitrogens with zero attached hydrogens (tertiary/aromatic N) is 1. The van der Waals surface area contributed by atoms with Gasteiger partial charge in [0.1, 0.15) is 22.6 Å². The van der Waals surface area contributed by atoms with Gasteiger partial charge in [-0.3, -0.25) is 0 Å². The molecule has 2 aromatic heterocycles. The lowest BCUT2D eigenvalue weighted by molar-refractivity contribution is 0.0452. The minimum absolute atomic E-state index is 0.147. The van der Waals surface area contributed by atoms with E-state index in [1.165, 1.54) is 11.3 Å². The van der Waals surface area contributed by atoms with Crippen LogP contribution in [0.15, 0.2) is 6.07 Å². The van der Waals surface area contributed by atoms with E-state index < -0.39 is 11.9 Å². The van der Waals surface area contributed by atoms with E-state index in [1.807, 2.05) is 19.9 Å². The number of ether oxygens (including phenoxy) is 2. The number of carbonyl (C=O) groups is 2. The molecule has 126 valence electrons. The molecule has 2 N–H and O–H groups in total. The van der Waals surface area contributed by atoms with Crippen molar-refractivity contribution in [1.29, 1.82) is 5.26 Å². The molecule has 0 saturated carbocycles. The number of nitrogens with two attached hydrogens (primary N) is 1. The molecule has 0 amide bonds. The predicted octanol–water partition coefficient (Wildman–Crippen LogP) is 3.41. The highest BCUT2D eigenvalue weighted by molar-refractivity contribution is 7.18. The molecule has 0 aromatic carbocycles. The van der Waals surface area contributed by atoms with Crippen LogP contribution in [0.2, 0.25) is 0 Å². The van der Waals surface area contributed by atoms with Gasteiger partial charge in [-0.05, 0) is 26.8 Å². The lowest BCUT2D eigenvalue weighted by Crippen LogP contribution is -2.10. The molecule has 6 nitrogen and oxygen atoms in total. The Morgan fingerprint density at radius 3 is 2.50 bits per heavy atom. The first kappa shape index (κ1) is 18.0. The molecule has 2 heterocycles. The minimum atomic E-state index is -0.579. The third-order valence-corrected chi connectivity index (χ3v) is 5.22. The fourth-order valence-corrected chi connectivity index (χ4v) is 3.98. The van der Waals surface area contributed by atoms with E-state index in [0.717, 1.165) is 21.1 Å². The maximum atomic E-state index is 12.2. The number of nitrogen functional groups attached to an aromatic ring is 1. The third kappa shape index (κ3) is 3.58. The van der Waals surface area contributed by atoms with Crippen LogP contribution in [0.1, 0.15) is 47.8 Å². The van der Waals surface area contributed by atoms with Gasteiger partial charge >= 0.3 is 11.9 Å². The molecule has 24 heavy (non-hydrogen) atoms. The van der Waals surface area contributed by atoms with E-state index in [0.29, 0.717) is 5.56 Å². The number of carbonyl (C=O) groups excluding carboxylic acids is 2. The van der Waals surface area contributed by atoms with Crippen molar-refractivity contribution in [3.8, 4) is 6.07 Å². The number of rotatable bonds is 5. The molecule has 2 aromatic rings. The standard InChI is InChI=1S/C16H16N2O4S2/c1-4-21-16(20)13-12(11(6-17)14(18)24-13)7-22-15(19)10-5-8(2)23-9(10)3/h5H,4,7,18H2,1-3H3. The number of thiophene rings is 2. The van der Waals surface area contributed by atoms with Crippen molar-refractivity contribution < 1.29 is 19.1 Å². The van der Waals surface area contributed by atoms with Gasteiger partial charge in [0.15, 0.2) is 0 Å². The second-order valence-corrected chi connectivity index (χ2v) is 7.40. The van der Waals surface area contributed by atoms with Crippen molar-refractivity contribution in [3.05, 3.63) is 37.4 Å². The lowest BCUT2D eigenvalue weighted by Gasteiger charge is -2.06. The number of hydrogen-bond donors (Lipinski definition) is 1. The smallest absolute Gasteiger partial charge is 0.348 e. The van der Waals surface area contributed by atoms with E-state index in [-0.39, 0.29) is 34.2 Å². The molecule has 0 atom stereocenters. The van der Waals surface area contributed by atoms with E-state index in [2.05, 4.69) is 0 Å². The average Bonchev–Trinajstić information content (AvgIpc) is 3.03. The maximum Gasteiger partial charge on any atom is 0.348 e. The summed E-state index contributed by atoms with van der Waals surface area (Å²) in [5.41, 5.74) is 6.70. The van der Waals surface area contributed by atoms with Gasteiger partial charge in [-0.2, -0.15) is 5.26 Å². The largest absolute Gasteiger partial charge is 0.462 e. The molecule has 0 aliphatic carbocycles. The Hall–Kier alpha value is -2.37. The Morgan fingerprint density at radius 2 is 1.96 bits per heavy atom. The number of hydrogen-bond acceptors (Lipinski definition) is 8. The van der Waals surface area contributed by atoms with Gasteiger partial charge in [0, 0.05) is 15.3 Å². The summed E-state index contributed by atoms with van der Waals surface area (Å²) in [6.45, 7) is 5.41. The molecule has 0 aliphatic heterocycles. The third-order valence-electron chi connectivity index (χ3n) is 3.22. The van der Waals surface area contributed by atoms with Crippen molar-refractivity contribution in [1.82, 2.24) is 0 Å². The van der Waals surface area contributed by atoms with Crippen LogP contribution in [0, 0.1) is 25.2 Å². The van der Waals surface area contributed by atoms with Crippen LogP contribution < -0.4 is 5.73 Å². The van der Waals surface area contributed by atoms with Crippen LogP contribution in [-0.4, -0.2) is 18.5 Å². The Kier molecular flexibility index (Phi) is 5.59. The van der Waals surface area contributed by atoms with Gasteiger partial charge in [0.05, 0.1) is 17.7 Å². The Bertz CT molecular complexity index is 830. The molecule has 0 fully saturated rings. The minimum Gasteiger partial charge on any atom is -0.462 e. The van der Waals surface area contributed by atoms with Crippen LogP contribution in [0.4, 0.5) is 5.00 Å². The van der Waals surface area contributed by atoms with Crippen molar-refractivity contribution in [2.45, 2.75) is 27.4 Å². The van der Waals surface area contributed by atoms with Gasteiger partial charge in [-0.1, -0.05) is 0 Å². The van der Waals surface area contributed by atoms with E-state index in [9.17, 15) is 14.9 Å². The Balaban J connectivity index is 2.25. The number of aryl methyl sites for hydroxylation is 2. The summed E-state index contributed by atoms with van der Waals surface area (Å²) < 4.78 is 10.3.